The zero-order valence-corrected chi connectivity index (χ0v) is 10.2. The molecule has 1 unspecified atom stereocenters. The second-order valence-electron chi connectivity index (χ2n) is 3.55. The van der Waals surface area contributed by atoms with Gasteiger partial charge >= 0.3 is 0 Å². The molecule has 0 aliphatic rings. The van der Waals surface area contributed by atoms with E-state index in [0.717, 1.165) is 23.6 Å². The Hall–Kier alpha value is -0.0500. The molecule has 1 aromatic heterocycles. The number of aliphatic hydroxyl groups excluding tert-OH is 1. The number of thiophene rings is 1. The molecule has 14 heavy (non-hydrogen) atoms. The van der Waals surface area contributed by atoms with Crippen molar-refractivity contribution in [2.45, 2.75) is 39.2 Å². The van der Waals surface area contributed by atoms with Gasteiger partial charge in [-0.05, 0) is 18.1 Å². The molecule has 0 fully saturated rings. The molecule has 1 nitrogen and oxygen atoms in total. The minimum atomic E-state index is -0.222. The second-order valence-corrected chi connectivity index (χ2v) is 5.35. The van der Waals surface area contributed by atoms with Crippen LogP contribution in [0.15, 0.2) is 12.1 Å². The lowest BCUT2D eigenvalue weighted by Gasteiger charge is -2.19. The molecule has 0 aromatic carbocycles. The van der Waals surface area contributed by atoms with Gasteiger partial charge in [0.05, 0.1) is 10.4 Å². The summed E-state index contributed by atoms with van der Waals surface area (Å²) in [5, 5.41) is 9.94. The van der Waals surface area contributed by atoms with E-state index in [1.54, 1.807) is 11.3 Å². The largest absolute Gasteiger partial charge is 0.392 e. The predicted octanol–water partition coefficient (Wildman–Crippen LogP) is 3.74. The molecule has 1 aromatic rings. The van der Waals surface area contributed by atoms with Crippen molar-refractivity contribution in [1.29, 1.82) is 0 Å². The fourth-order valence-electron chi connectivity index (χ4n) is 1.67. The molecule has 0 bridgehead atoms. The van der Waals surface area contributed by atoms with Crippen LogP contribution in [0.2, 0.25) is 4.34 Å². The number of rotatable bonds is 5. The standard InChI is InChI=1S/C11H17ClOS/c1-3-8(4-2)10(13)7-9-5-6-11(12)14-9/h5-6,8,10,13H,3-4,7H2,1-2H3. The van der Waals surface area contributed by atoms with E-state index in [1.807, 2.05) is 12.1 Å². The summed E-state index contributed by atoms with van der Waals surface area (Å²) in [6, 6.07) is 3.89. The van der Waals surface area contributed by atoms with Crippen LogP contribution in [0.25, 0.3) is 0 Å². The topological polar surface area (TPSA) is 20.2 Å². The molecule has 1 atom stereocenters. The Morgan fingerprint density at radius 2 is 2.00 bits per heavy atom. The number of hydrogen-bond acceptors (Lipinski definition) is 2. The summed E-state index contributed by atoms with van der Waals surface area (Å²) < 4.78 is 0.803. The van der Waals surface area contributed by atoms with Crippen molar-refractivity contribution in [2.75, 3.05) is 0 Å². The SMILES string of the molecule is CCC(CC)C(O)Cc1ccc(Cl)s1. The van der Waals surface area contributed by atoms with Crippen LogP contribution in [0.1, 0.15) is 31.6 Å². The summed E-state index contributed by atoms with van der Waals surface area (Å²) in [6.45, 7) is 4.25. The van der Waals surface area contributed by atoms with Crippen LogP contribution in [0.4, 0.5) is 0 Å². The van der Waals surface area contributed by atoms with Gasteiger partial charge in [0.15, 0.2) is 0 Å². The molecule has 0 saturated heterocycles. The first-order valence-corrected chi connectivity index (χ1v) is 6.29. The highest BCUT2D eigenvalue weighted by atomic mass is 35.5. The summed E-state index contributed by atoms with van der Waals surface area (Å²) in [7, 11) is 0. The predicted molar refractivity (Wildman–Crippen MR) is 63.1 cm³/mol. The smallest absolute Gasteiger partial charge is 0.0931 e. The molecular formula is C11H17ClOS. The van der Waals surface area contributed by atoms with Crippen LogP contribution in [-0.4, -0.2) is 11.2 Å². The third-order valence-electron chi connectivity index (χ3n) is 2.63. The van der Waals surface area contributed by atoms with E-state index >= 15 is 0 Å². The minimum absolute atomic E-state index is 0.222. The lowest BCUT2D eigenvalue weighted by atomic mass is 9.94. The van der Waals surface area contributed by atoms with E-state index in [2.05, 4.69) is 13.8 Å². The molecule has 3 heteroatoms. The second kappa shape index (κ2) is 5.74. The maximum absolute atomic E-state index is 9.94. The Labute approximate surface area is 94.7 Å². The number of hydrogen-bond donors (Lipinski definition) is 1. The summed E-state index contributed by atoms with van der Waals surface area (Å²) >= 11 is 7.39. The molecule has 1 N–H and O–H groups in total. The fourth-order valence-corrected chi connectivity index (χ4v) is 2.80. The Balaban J connectivity index is 2.51. The van der Waals surface area contributed by atoms with Crippen molar-refractivity contribution < 1.29 is 5.11 Å². The van der Waals surface area contributed by atoms with E-state index in [4.69, 9.17) is 11.6 Å². The van der Waals surface area contributed by atoms with E-state index in [9.17, 15) is 5.11 Å². The van der Waals surface area contributed by atoms with Gasteiger partial charge in [0.1, 0.15) is 0 Å². The highest BCUT2D eigenvalue weighted by Gasteiger charge is 2.16. The van der Waals surface area contributed by atoms with Gasteiger partial charge < -0.3 is 5.11 Å². The molecule has 0 saturated carbocycles. The zero-order valence-electron chi connectivity index (χ0n) is 8.66. The Morgan fingerprint density at radius 1 is 1.36 bits per heavy atom. The van der Waals surface area contributed by atoms with Crippen LogP contribution in [0.5, 0.6) is 0 Å². The van der Waals surface area contributed by atoms with Gasteiger partial charge in [0.2, 0.25) is 0 Å². The molecule has 80 valence electrons. The van der Waals surface area contributed by atoms with E-state index < -0.39 is 0 Å². The summed E-state index contributed by atoms with van der Waals surface area (Å²) in [4.78, 5) is 1.18. The average molecular weight is 233 g/mol. The van der Waals surface area contributed by atoms with E-state index in [1.165, 1.54) is 4.88 Å². The minimum Gasteiger partial charge on any atom is -0.392 e. The Kier molecular flexibility index (Phi) is 4.93. The van der Waals surface area contributed by atoms with Gasteiger partial charge in [0, 0.05) is 11.3 Å². The Morgan fingerprint density at radius 3 is 2.43 bits per heavy atom. The van der Waals surface area contributed by atoms with E-state index in [0.29, 0.717) is 5.92 Å². The normalized spacial score (nSPS) is 13.5. The molecule has 1 rings (SSSR count). The molecule has 1 heterocycles. The molecule has 0 radical (unpaired) electrons. The van der Waals surface area contributed by atoms with Crippen LogP contribution in [-0.2, 0) is 6.42 Å². The van der Waals surface area contributed by atoms with Gasteiger partial charge in [-0.2, -0.15) is 0 Å². The van der Waals surface area contributed by atoms with Crippen molar-refractivity contribution in [3.05, 3.63) is 21.3 Å². The van der Waals surface area contributed by atoms with Crippen LogP contribution >= 0.6 is 22.9 Å². The lowest BCUT2D eigenvalue weighted by molar-refractivity contribution is 0.104. The first-order chi connectivity index (χ1) is 6.67. The maximum Gasteiger partial charge on any atom is 0.0931 e. The van der Waals surface area contributed by atoms with Gasteiger partial charge in [-0.15, -0.1) is 11.3 Å². The van der Waals surface area contributed by atoms with E-state index in [-0.39, 0.29) is 6.10 Å². The molecular weight excluding hydrogens is 216 g/mol. The number of halogens is 1. The fraction of sp³-hybridized carbons (Fsp3) is 0.636. The summed E-state index contributed by atoms with van der Waals surface area (Å²) in [5.74, 6) is 0.413. The van der Waals surface area contributed by atoms with Gasteiger partial charge in [-0.25, -0.2) is 0 Å². The van der Waals surface area contributed by atoms with Crippen molar-refractivity contribution in [3.8, 4) is 0 Å². The van der Waals surface area contributed by atoms with Crippen molar-refractivity contribution in [1.82, 2.24) is 0 Å². The highest BCUT2D eigenvalue weighted by Crippen LogP contribution is 2.25. The molecule has 0 amide bonds. The molecule has 0 aliphatic heterocycles. The molecule has 0 spiro atoms. The zero-order chi connectivity index (χ0) is 10.6. The van der Waals surface area contributed by atoms with Gasteiger partial charge in [-0.3, -0.25) is 0 Å². The maximum atomic E-state index is 9.94. The van der Waals surface area contributed by atoms with Crippen LogP contribution in [0.3, 0.4) is 0 Å². The van der Waals surface area contributed by atoms with Crippen LogP contribution < -0.4 is 0 Å². The molecule has 0 aliphatic carbocycles. The first kappa shape index (κ1) is 12.0. The lowest BCUT2D eigenvalue weighted by Crippen LogP contribution is -2.21. The van der Waals surface area contributed by atoms with Crippen molar-refractivity contribution >= 4 is 22.9 Å². The number of aliphatic hydroxyl groups is 1. The van der Waals surface area contributed by atoms with Crippen molar-refractivity contribution in [2.24, 2.45) is 5.92 Å². The van der Waals surface area contributed by atoms with Crippen LogP contribution in [0, 0.1) is 5.92 Å². The summed E-state index contributed by atoms with van der Waals surface area (Å²) in [6.07, 6.45) is 2.59. The van der Waals surface area contributed by atoms with Crippen molar-refractivity contribution in [3.63, 3.8) is 0 Å². The van der Waals surface area contributed by atoms with Gasteiger partial charge in [-0.1, -0.05) is 38.3 Å². The highest BCUT2D eigenvalue weighted by molar-refractivity contribution is 7.16. The summed E-state index contributed by atoms with van der Waals surface area (Å²) in [5.41, 5.74) is 0. The monoisotopic (exact) mass is 232 g/mol. The first-order valence-electron chi connectivity index (χ1n) is 5.09. The Bertz CT molecular complexity index is 268. The van der Waals surface area contributed by atoms with Gasteiger partial charge in [0.25, 0.3) is 0 Å². The third kappa shape index (κ3) is 3.26. The average Bonchev–Trinajstić information content (AvgIpc) is 2.53. The third-order valence-corrected chi connectivity index (χ3v) is 3.89. The quantitative estimate of drug-likeness (QED) is 0.820.